The van der Waals surface area contributed by atoms with Crippen LogP contribution in [0.25, 0.3) is 0 Å². The average Bonchev–Trinajstić information content (AvgIpc) is 2.78. The summed E-state index contributed by atoms with van der Waals surface area (Å²) in [6.45, 7) is 7.75. The van der Waals surface area contributed by atoms with Gasteiger partial charge in [0, 0.05) is 5.92 Å². The van der Waals surface area contributed by atoms with E-state index in [0.717, 1.165) is 12.4 Å². The minimum absolute atomic E-state index is 0.111. The Morgan fingerprint density at radius 2 is 2.12 bits per heavy atom. The van der Waals surface area contributed by atoms with Crippen LogP contribution in [0.1, 0.15) is 32.6 Å². The van der Waals surface area contributed by atoms with Crippen molar-refractivity contribution in [2.24, 2.45) is 23.7 Å². The first-order chi connectivity index (χ1) is 8.18. The van der Waals surface area contributed by atoms with E-state index in [-0.39, 0.29) is 6.10 Å². The van der Waals surface area contributed by atoms with E-state index in [1.165, 1.54) is 5.57 Å². The molecule has 0 amide bonds. The Morgan fingerprint density at radius 1 is 1.29 bits per heavy atom. The number of hydrogen-bond donors (Lipinski definition) is 0. The van der Waals surface area contributed by atoms with E-state index in [0.29, 0.717) is 23.7 Å². The summed E-state index contributed by atoms with van der Waals surface area (Å²) < 4.78 is 11.6. The van der Waals surface area contributed by atoms with Crippen LogP contribution in [0.15, 0.2) is 34.5 Å². The van der Waals surface area contributed by atoms with Gasteiger partial charge < -0.3 is 9.15 Å². The van der Waals surface area contributed by atoms with Crippen molar-refractivity contribution in [2.75, 3.05) is 6.61 Å². The summed E-state index contributed by atoms with van der Waals surface area (Å²) in [5.41, 5.74) is 1.46. The molecule has 1 aliphatic heterocycles. The lowest BCUT2D eigenvalue weighted by molar-refractivity contribution is -0.101. The first kappa shape index (κ1) is 11.1. The lowest BCUT2D eigenvalue weighted by Crippen LogP contribution is -2.42. The third-order valence-corrected chi connectivity index (χ3v) is 4.59. The molecular formula is C15H20O2. The van der Waals surface area contributed by atoms with Crippen LogP contribution in [0.2, 0.25) is 0 Å². The Bertz CT molecular complexity index is 418. The maximum Gasteiger partial charge on any atom is 0.133 e. The fraction of sp³-hybridized carbons (Fsp3) is 0.600. The van der Waals surface area contributed by atoms with Gasteiger partial charge in [0.1, 0.15) is 11.9 Å². The van der Waals surface area contributed by atoms with Crippen molar-refractivity contribution in [1.29, 1.82) is 0 Å². The summed E-state index contributed by atoms with van der Waals surface area (Å²) in [6, 6.07) is 3.98. The summed E-state index contributed by atoms with van der Waals surface area (Å²) in [4.78, 5) is 0. The molecule has 1 saturated heterocycles. The van der Waals surface area contributed by atoms with Crippen LogP contribution in [0.5, 0.6) is 0 Å². The highest BCUT2D eigenvalue weighted by Crippen LogP contribution is 2.49. The fourth-order valence-corrected chi connectivity index (χ4v) is 3.66. The van der Waals surface area contributed by atoms with Crippen LogP contribution in [-0.4, -0.2) is 6.61 Å². The molecule has 0 unspecified atom stereocenters. The molecule has 0 spiro atoms. The third-order valence-electron chi connectivity index (χ3n) is 4.59. The molecule has 1 aromatic rings. The van der Waals surface area contributed by atoms with Crippen LogP contribution in [0, 0.1) is 23.7 Å². The number of rotatable bonds is 1. The number of allylic oxidation sites excluding steroid dienone is 1. The van der Waals surface area contributed by atoms with E-state index in [9.17, 15) is 0 Å². The quantitative estimate of drug-likeness (QED) is 0.687. The Labute approximate surface area is 103 Å². The molecule has 3 rings (SSSR count). The zero-order valence-electron chi connectivity index (χ0n) is 10.7. The lowest BCUT2D eigenvalue weighted by atomic mass is 9.65. The largest absolute Gasteiger partial charge is 0.467 e. The number of fused-ring (bicyclic) bond motifs is 2. The van der Waals surface area contributed by atoms with Crippen LogP contribution in [0.4, 0.5) is 0 Å². The van der Waals surface area contributed by atoms with Crippen molar-refractivity contribution in [3.8, 4) is 0 Å². The van der Waals surface area contributed by atoms with Gasteiger partial charge in [-0.25, -0.2) is 0 Å². The minimum Gasteiger partial charge on any atom is -0.467 e. The standard InChI is InChI=1S/C15H20O2/c1-9-7-10(2)14-11(3)12(9)8-17-15(14)13-5-4-6-16-13/h4-7,9,11-12,14-15H,8H2,1-3H3/t9-,11-,12-,14+,15+/m1/s1. The van der Waals surface area contributed by atoms with E-state index in [1.807, 2.05) is 12.1 Å². The van der Waals surface area contributed by atoms with E-state index < -0.39 is 0 Å². The van der Waals surface area contributed by atoms with Crippen molar-refractivity contribution < 1.29 is 9.15 Å². The van der Waals surface area contributed by atoms with Gasteiger partial charge in [-0.3, -0.25) is 0 Å². The Balaban J connectivity index is 1.97. The van der Waals surface area contributed by atoms with Crippen molar-refractivity contribution in [1.82, 2.24) is 0 Å². The SMILES string of the molecule is CC1=C[C@@H](C)[C@H]2CO[C@@H](c3ccco3)[C@@H]1[C@@H]2C. The summed E-state index contributed by atoms with van der Waals surface area (Å²) in [6.07, 6.45) is 4.27. The molecule has 2 aliphatic rings. The van der Waals surface area contributed by atoms with Crippen LogP contribution in [-0.2, 0) is 4.74 Å². The zero-order valence-corrected chi connectivity index (χ0v) is 10.7. The highest BCUT2D eigenvalue weighted by molar-refractivity contribution is 5.20. The summed E-state index contributed by atoms with van der Waals surface area (Å²) in [5.74, 6) is 3.44. The van der Waals surface area contributed by atoms with E-state index in [2.05, 4.69) is 26.8 Å². The molecular weight excluding hydrogens is 212 g/mol. The maximum atomic E-state index is 6.07. The number of hydrogen-bond acceptors (Lipinski definition) is 2. The molecule has 1 fully saturated rings. The van der Waals surface area contributed by atoms with Gasteiger partial charge >= 0.3 is 0 Å². The molecule has 2 heterocycles. The molecule has 0 N–H and O–H groups in total. The average molecular weight is 232 g/mol. The van der Waals surface area contributed by atoms with Crippen molar-refractivity contribution in [2.45, 2.75) is 26.9 Å². The fourth-order valence-electron chi connectivity index (χ4n) is 3.66. The normalized spacial score (nSPS) is 41.1. The first-order valence-electron chi connectivity index (χ1n) is 6.52. The predicted octanol–water partition coefficient (Wildman–Crippen LogP) is 3.82. The van der Waals surface area contributed by atoms with Gasteiger partial charge in [-0.05, 0) is 36.8 Å². The highest BCUT2D eigenvalue weighted by Gasteiger charge is 2.44. The maximum absolute atomic E-state index is 6.07. The summed E-state index contributed by atoms with van der Waals surface area (Å²) in [7, 11) is 0. The molecule has 2 nitrogen and oxygen atoms in total. The first-order valence-corrected chi connectivity index (χ1v) is 6.52. The Hall–Kier alpha value is -1.02. The van der Waals surface area contributed by atoms with Crippen molar-refractivity contribution >= 4 is 0 Å². The van der Waals surface area contributed by atoms with Crippen LogP contribution >= 0.6 is 0 Å². The van der Waals surface area contributed by atoms with Gasteiger partial charge in [0.25, 0.3) is 0 Å². The van der Waals surface area contributed by atoms with Crippen LogP contribution in [0.3, 0.4) is 0 Å². The number of furan rings is 1. The molecule has 2 heteroatoms. The van der Waals surface area contributed by atoms with Crippen molar-refractivity contribution in [3.63, 3.8) is 0 Å². The Kier molecular flexibility index (Phi) is 2.62. The molecule has 92 valence electrons. The second kappa shape index (κ2) is 4.02. The molecule has 5 atom stereocenters. The molecule has 1 aromatic heterocycles. The van der Waals surface area contributed by atoms with Gasteiger partial charge in [0.15, 0.2) is 0 Å². The Morgan fingerprint density at radius 3 is 2.82 bits per heavy atom. The molecule has 0 saturated carbocycles. The summed E-state index contributed by atoms with van der Waals surface area (Å²) in [5, 5.41) is 0. The monoisotopic (exact) mass is 232 g/mol. The van der Waals surface area contributed by atoms with Gasteiger partial charge in [0.05, 0.1) is 12.9 Å². The zero-order chi connectivity index (χ0) is 12.0. The predicted molar refractivity (Wildman–Crippen MR) is 66.5 cm³/mol. The van der Waals surface area contributed by atoms with Crippen LogP contribution < -0.4 is 0 Å². The van der Waals surface area contributed by atoms with Crippen molar-refractivity contribution in [3.05, 3.63) is 35.8 Å². The third kappa shape index (κ3) is 1.66. The molecule has 0 radical (unpaired) electrons. The summed E-state index contributed by atoms with van der Waals surface area (Å²) >= 11 is 0. The topological polar surface area (TPSA) is 22.4 Å². The highest BCUT2D eigenvalue weighted by atomic mass is 16.5. The second-order valence-corrected chi connectivity index (χ2v) is 5.59. The van der Waals surface area contributed by atoms with E-state index in [4.69, 9.17) is 9.15 Å². The molecule has 2 bridgehead atoms. The second-order valence-electron chi connectivity index (χ2n) is 5.59. The smallest absolute Gasteiger partial charge is 0.133 e. The molecule has 17 heavy (non-hydrogen) atoms. The minimum atomic E-state index is 0.111. The molecule has 0 aromatic carbocycles. The molecule has 1 aliphatic carbocycles. The van der Waals surface area contributed by atoms with E-state index >= 15 is 0 Å². The van der Waals surface area contributed by atoms with Gasteiger partial charge in [-0.1, -0.05) is 25.5 Å². The lowest BCUT2D eigenvalue weighted by Gasteiger charge is -2.46. The van der Waals surface area contributed by atoms with E-state index in [1.54, 1.807) is 6.26 Å². The van der Waals surface area contributed by atoms with Gasteiger partial charge in [-0.15, -0.1) is 0 Å². The van der Waals surface area contributed by atoms with Gasteiger partial charge in [-0.2, -0.15) is 0 Å². The number of ether oxygens (including phenoxy) is 1. The van der Waals surface area contributed by atoms with Gasteiger partial charge in [0.2, 0.25) is 0 Å².